The van der Waals surface area contributed by atoms with E-state index < -0.39 is 0 Å². The Kier molecular flexibility index (Phi) is 11.4. The number of benzene rings is 1. The molecule has 0 aliphatic rings. The molecule has 1 aromatic heterocycles. The molecule has 1 amide bonds. The number of guanidine groups is 1. The van der Waals surface area contributed by atoms with Gasteiger partial charge in [-0.15, -0.1) is 35.3 Å². The number of rotatable bonds is 9. The number of aliphatic imine (C=N–C) groups is 1. The number of halogens is 1. The number of thiophene rings is 1. The van der Waals surface area contributed by atoms with Crippen LogP contribution in [0, 0.1) is 0 Å². The summed E-state index contributed by atoms with van der Waals surface area (Å²) in [7, 11) is 5.74. The predicted octanol–water partition coefficient (Wildman–Crippen LogP) is 3.30. The molecule has 3 N–H and O–H groups in total. The quantitative estimate of drug-likeness (QED) is 0.258. The van der Waals surface area contributed by atoms with Gasteiger partial charge < -0.3 is 20.9 Å². The largest absolute Gasteiger partial charge is 0.356 e. The van der Waals surface area contributed by atoms with Crippen molar-refractivity contribution >= 4 is 47.2 Å². The van der Waals surface area contributed by atoms with Gasteiger partial charge in [0.25, 0.3) is 5.91 Å². The second kappa shape index (κ2) is 12.9. The lowest BCUT2D eigenvalue weighted by atomic mass is 9.91. The predicted molar refractivity (Wildman–Crippen MR) is 138 cm³/mol. The Morgan fingerprint density at radius 2 is 1.90 bits per heavy atom. The Hall–Kier alpha value is -1.65. The molecule has 0 bridgehead atoms. The molecular formula is C22H34IN5OS. The molecule has 0 unspecified atom stereocenters. The van der Waals surface area contributed by atoms with Gasteiger partial charge >= 0.3 is 0 Å². The highest BCUT2D eigenvalue weighted by atomic mass is 127. The summed E-state index contributed by atoms with van der Waals surface area (Å²) in [5.74, 6) is 0.698. The summed E-state index contributed by atoms with van der Waals surface area (Å²) >= 11 is 1.77. The minimum absolute atomic E-state index is 0. The second-order valence-corrected chi connectivity index (χ2v) is 8.85. The van der Waals surface area contributed by atoms with Gasteiger partial charge in [-0.1, -0.05) is 32.0 Å². The zero-order valence-electron chi connectivity index (χ0n) is 18.5. The van der Waals surface area contributed by atoms with Crippen molar-refractivity contribution in [2.24, 2.45) is 4.99 Å². The van der Waals surface area contributed by atoms with Crippen LogP contribution in [0.3, 0.4) is 0 Å². The van der Waals surface area contributed by atoms with E-state index in [0.717, 1.165) is 24.6 Å². The van der Waals surface area contributed by atoms with Crippen LogP contribution in [0.1, 0.15) is 34.6 Å². The summed E-state index contributed by atoms with van der Waals surface area (Å²) in [6.07, 6.45) is 0. The number of hydrogen-bond acceptors (Lipinski definition) is 4. The van der Waals surface area contributed by atoms with Gasteiger partial charge in [0.2, 0.25) is 0 Å². The van der Waals surface area contributed by atoms with Crippen LogP contribution in [0.4, 0.5) is 0 Å². The first-order valence-corrected chi connectivity index (χ1v) is 10.7. The SMILES string of the molecule is CN=C(NCc1cccc(C(=O)NCCN(C)C)c1)NCC(C)(C)c1cccs1.I. The van der Waals surface area contributed by atoms with Crippen molar-refractivity contribution in [3.8, 4) is 0 Å². The standard InChI is InChI=1S/C22H33N5OS.HI/c1-22(2,19-10-7-13-29-19)16-26-21(23-3)25-15-17-8-6-9-18(14-17)20(28)24-11-12-27(4)5;/h6-10,13-14H,11-12,15-16H2,1-5H3,(H,24,28)(H2,23,25,26);1H. The average molecular weight is 544 g/mol. The van der Waals surface area contributed by atoms with Crippen molar-refractivity contribution in [2.45, 2.75) is 25.8 Å². The maximum absolute atomic E-state index is 12.3. The van der Waals surface area contributed by atoms with Crippen molar-refractivity contribution < 1.29 is 4.79 Å². The second-order valence-electron chi connectivity index (χ2n) is 7.90. The Balaban J connectivity index is 0.00000450. The average Bonchev–Trinajstić information content (AvgIpc) is 3.24. The van der Waals surface area contributed by atoms with E-state index in [4.69, 9.17) is 0 Å². The Morgan fingerprint density at radius 3 is 2.53 bits per heavy atom. The number of likely N-dealkylation sites (N-methyl/N-ethyl adjacent to an activating group) is 1. The number of carbonyl (C=O) groups is 1. The van der Waals surface area contributed by atoms with Gasteiger partial charge in [0.15, 0.2) is 5.96 Å². The van der Waals surface area contributed by atoms with E-state index in [1.807, 2.05) is 43.3 Å². The van der Waals surface area contributed by atoms with Crippen molar-refractivity contribution in [1.82, 2.24) is 20.9 Å². The van der Waals surface area contributed by atoms with E-state index in [1.54, 1.807) is 18.4 Å². The third-order valence-corrected chi connectivity index (χ3v) is 5.84. The molecule has 0 saturated heterocycles. The normalized spacial score (nSPS) is 11.7. The molecule has 0 aliphatic carbocycles. The summed E-state index contributed by atoms with van der Waals surface area (Å²) in [6.45, 7) is 7.26. The Morgan fingerprint density at radius 1 is 1.13 bits per heavy atom. The number of carbonyl (C=O) groups excluding carboxylic acids is 1. The molecule has 8 heteroatoms. The summed E-state index contributed by atoms with van der Waals surface area (Å²) in [6, 6.07) is 11.9. The van der Waals surface area contributed by atoms with Crippen molar-refractivity contribution in [1.29, 1.82) is 0 Å². The van der Waals surface area contributed by atoms with Crippen molar-refractivity contribution in [2.75, 3.05) is 40.8 Å². The maximum atomic E-state index is 12.3. The summed E-state index contributed by atoms with van der Waals surface area (Å²) in [4.78, 5) is 20.0. The summed E-state index contributed by atoms with van der Waals surface area (Å²) in [5, 5.41) is 11.8. The fourth-order valence-electron chi connectivity index (χ4n) is 2.78. The fourth-order valence-corrected chi connectivity index (χ4v) is 3.63. The number of nitrogens with zero attached hydrogens (tertiary/aromatic N) is 2. The minimum atomic E-state index is -0.0473. The van der Waals surface area contributed by atoms with Crippen LogP contribution >= 0.6 is 35.3 Å². The lowest BCUT2D eigenvalue weighted by molar-refractivity contribution is 0.0951. The molecule has 0 radical (unpaired) electrons. The van der Waals surface area contributed by atoms with Gasteiger partial charge in [-0.3, -0.25) is 9.79 Å². The minimum Gasteiger partial charge on any atom is -0.356 e. The molecule has 30 heavy (non-hydrogen) atoms. The molecular weight excluding hydrogens is 509 g/mol. The lowest BCUT2D eigenvalue weighted by Gasteiger charge is -2.25. The molecule has 0 aliphatic heterocycles. The highest BCUT2D eigenvalue weighted by Gasteiger charge is 2.21. The van der Waals surface area contributed by atoms with Crippen LogP contribution in [0.15, 0.2) is 46.8 Å². The van der Waals surface area contributed by atoms with Crippen LogP contribution in [0.25, 0.3) is 0 Å². The topological polar surface area (TPSA) is 68.8 Å². The van der Waals surface area contributed by atoms with E-state index in [0.29, 0.717) is 18.7 Å². The molecule has 0 saturated carbocycles. The third-order valence-electron chi connectivity index (χ3n) is 4.60. The van der Waals surface area contributed by atoms with Crippen molar-refractivity contribution in [3.63, 3.8) is 0 Å². The van der Waals surface area contributed by atoms with Crippen LogP contribution in [-0.4, -0.2) is 57.5 Å². The summed E-state index contributed by atoms with van der Waals surface area (Å²) in [5.41, 5.74) is 1.73. The molecule has 6 nitrogen and oxygen atoms in total. The van der Waals surface area contributed by atoms with E-state index in [2.05, 4.69) is 52.3 Å². The summed E-state index contributed by atoms with van der Waals surface area (Å²) < 4.78 is 0. The van der Waals surface area contributed by atoms with E-state index in [9.17, 15) is 4.79 Å². The van der Waals surface area contributed by atoms with E-state index in [-0.39, 0.29) is 35.3 Å². The molecule has 0 atom stereocenters. The molecule has 166 valence electrons. The number of hydrogen-bond donors (Lipinski definition) is 3. The van der Waals surface area contributed by atoms with Crippen LogP contribution < -0.4 is 16.0 Å². The number of nitrogens with one attached hydrogen (secondary N) is 3. The monoisotopic (exact) mass is 543 g/mol. The molecule has 1 aromatic carbocycles. The van der Waals surface area contributed by atoms with Crippen LogP contribution in [0.5, 0.6) is 0 Å². The van der Waals surface area contributed by atoms with Crippen LogP contribution in [0.2, 0.25) is 0 Å². The van der Waals surface area contributed by atoms with Gasteiger partial charge in [0, 0.05) is 49.1 Å². The van der Waals surface area contributed by atoms with Gasteiger partial charge in [-0.25, -0.2) is 0 Å². The maximum Gasteiger partial charge on any atom is 0.251 e. The highest BCUT2D eigenvalue weighted by Crippen LogP contribution is 2.26. The molecule has 0 fully saturated rings. The van der Waals surface area contributed by atoms with Crippen LogP contribution in [-0.2, 0) is 12.0 Å². The zero-order chi connectivity index (χ0) is 21.3. The number of amides is 1. The Labute approximate surface area is 201 Å². The molecule has 2 rings (SSSR count). The smallest absolute Gasteiger partial charge is 0.251 e. The third kappa shape index (κ3) is 8.61. The van der Waals surface area contributed by atoms with Gasteiger partial charge in [-0.05, 0) is 43.2 Å². The first kappa shape index (κ1) is 26.4. The first-order chi connectivity index (χ1) is 13.8. The molecule has 0 spiro atoms. The van der Waals surface area contributed by atoms with E-state index >= 15 is 0 Å². The van der Waals surface area contributed by atoms with Gasteiger partial charge in [0.1, 0.15) is 0 Å². The highest BCUT2D eigenvalue weighted by molar-refractivity contribution is 14.0. The van der Waals surface area contributed by atoms with Crippen molar-refractivity contribution in [3.05, 3.63) is 57.8 Å². The van der Waals surface area contributed by atoms with Gasteiger partial charge in [-0.2, -0.15) is 0 Å². The fraction of sp³-hybridized carbons (Fsp3) is 0.455. The molecule has 2 aromatic rings. The van der Waals surface area contributed by atoms with E-state index in [1.165, 1.54) is 4.88 Å². The molecule has 1 heterocycles. The van der Waals surface area contributed by atoms with Gasteiger partial charge in [0.05, 0.1) is 0 Å². The zero-order valence-corrected chi connectivity index (χ0v) is 21.6. The lowest BCUT2D eigenvalue weighted by Crippen LogP contribution is -2.43. The first-order valence-electron chi connectivity index (χ1n) is 9.82. The Bertz CT molecular complexity index is 806.